The van der Waals surface area contributed by atoms with Gasteiger partial charge in [0.15, 0.2) is 5.16 Å². The molecule has 0 amide bonds. The number of rotatable bonds is 15. The fraction of sp³-hybridized carbons (Fsp3) is 0.696. The van der Waals surface area contributed by atoms with Gasteiger partial charge in [0, 0.05) is 11.8 Å². The van der Waals surface area contributed by atoms with Gasteiger partial charge in [0.2, 0.25) is 5.91 Å². The molecule has 0 aromatic carbocycles. The quantitative estimate of drug-likeness (QED) is 0.199. The van der Waals surface area contributed by atoms with Crippen LogP contribution in [0.4, 0.5) is 0 Å². The molecule has 0 aliphatic carbocycles. The number of aromatic nitrogens is 2. The van der Waals surface area contributed by atoms with E-state index < -0.39 is 0 Å². The van der Waals surface area contributed by atoms with Crippen molar-refractivity contribution in [3.05, 3.63) is 34.3 Å². The van der Waals surface area contributed by atoms with Gasteiger partial charge in [-0.25, -0.2) is 9.55 Å². The molecule has 2 rings (SSSR count). The highest BCUT2D eigenvalue weighted by Gasteiger charge is 2.22. The number of allylic oxidation sites excluding steroid dienone is 2. The summed E-state index contributed by atoms with van der Waals surface area (Å²) in [5.41, 5.74) is 0.610. The number of unbranched alkanes of at least 4 members (excludes halogenated alkanes) is 11. The van der Waals surface area contributed by atoms with E-state index in [9.17, 15) is 9.59 Å². The largest absolute Gasteiger partial charge is 0.273 e. The molecule has 0 radical (unpaired) electrons. The normalized spacial score (nSPS) is 13.5. The van der Waals surface area contributed by atoms with Crippen molar-refractivity contribution in [3.63, 3.8) is 0 Å². The monoisotopic (exact) mass is 404 g/mol. The summed E-state index contributed by atoms with van der Waals surface area (Å²) in [5, 5.41) is 0.570. The van der Waals surface area contributed by atoms with Crippen molar-refractivity contribution in [2.75, 3.05) is 5.75 Å². The van der Waals surface area contributed by atoms with Crippen molar-refractivity contribution >= 4 is 17.7 Å². The topological polar surface area (TPSA) is 52.0 Å². The molecule has 0 atom stereocenters. The van der Waals surface area contributed by atoms with Crippen molar-refractivity contribution in [2.45, 2.75) is 102 Å². The molecule has 1 aliphatic heterocycles. The molecule has 1 aliphatic rings. The first-order chi connectivity index (χ1) is 13.7. The zero-order valence-corrected chi connectivity index (χ0v) is 18.3. The van der Waals surface area contributed by atoms with E-state index in [1.807, 2.05) is 0 Å². The Balaban J connectivity index is 1.45. The number of aryl methyl sites for hydroxylation is 1. The Morgan fingerprint density at radius 1 is 0.929 bits per heavy atom. The third-order valence-corrected chi connectivity index (χ3v) is 6.13. The van der Waals surface area contributed by atoms with E-state index in [1.165, 1.54) is 99.4 Å². The summed E-state index contributed by atoms with van der Waals surface area (Å²) in [4.78, 5) is 28.1. The predicted molar refractivity (Wildman–Crippen MR) is 118 cm³/mol. The lowest BCUT2D eigenvalue weighted by molar-refractivity contribution is 0.0933. The number of carbonyl (C=O) groups excluding carboxylic acids is 1. The summed E-state index contributed by atoms with van der Waals surface area (Å²) in [6.45, 7) is 2.26. The van der Waals surface area contributed by atoms with Crippen LogP contribution in [0.25, 0.3) is 0 Å². The van der Waals surface area contributed by atoms with E-state index in [1.54, 1.807) is 0 Å². The average Bonchev–Trinajstić information content (AvgIpc) is 3.06. The Hall–Kier alpha value is -1.36. The van der Waals surface area contributed by atoms with E-state index in [-0.39, 0.29) is 11.5 Å². The zero-order chi connectivity index (χ0) is 20.0. The van der Waals surface area contributed by atoms with E-state index >= 15 is 0 Å². The summed E-state index contributed by atoms with van der Waals surface area (Å²) in [6, 6.07) is 1.53. The van der Waals surface area contributed by atoms with Crippen LogP contribution in [0.15, 0.2) is 28.2 Å². The lowest BCUT2D eigenvalue weighted by Crippen LogP contribution is -2.25. The second-order valence-corrected chi connectivity index (χ2v) is 8.66. The molecule has 5 heteroatoms. The molecule has 0 saturated carbocycles. The molecule has 0 spiro atoms. The molecule has 0 fully saturated rings. The highest BCUT2D eigenvalue weighted by Crippen LogP contribution is 2.21. The number of hydrogen-bond acceptors (Lipinski definition) is 4. The second-order valence-electron chi connectivity index (χ2n) is 7.72. The van der Waals surface area contributed by atoms with Crippen LogP contribution in [-0.2, 0) is 6.42 Å². The summed E-state index contributed by atoms with van der Waals surface area (Å²) < 4.78 is 1.20. The van der Waals surface area contributed by atoms with Crippen LogP contribution in [-0.4, -0.2) is 21.2 Å². The highest BCUT2D eigenvalue weighted by atomic mass is 32.2. The number of nitrogens with zero attached hydrogens (tertiary/aromatic N) is 2. The van der Waals surface area contributed by atoms with Crippen molar-refractivity contribution < 1.29 is 4.79 Å². The molecule has 0 unspecified atom stereocenters. The third-order valence-electron chi connectivity index (χ3n) is 5.21. The van der Waals surface area contributed by atoms with Gasteiger partial charge in [0.1, 0.15) is 0 Å². The van der Waals surface area contributed by atoms with Gasteiger partial charge in [-0.05, 0) is 38.5 Å². The third kappa shape index (κ3) is 8.34. The Bertz CT molecular complexity index is 682. The molecule has 2 heterocycles. The number of fused-ring (bicyclic) bond motifs is 1. The lowest BCUT2D eigenvalue weighted by atomic mass is 10.1. The maximum atomic E-state index is 12.0. The van der Waals surface area contributed by atoms with Crippen LogP contribution in [0.3, 0.4) is 0 Å². The number of hydrogen-bond donors (Lipinski definition) is 0. The van der Waals surface area contributed by atoms with Gasteiger partial charge in [-0.15, -0.1) is 0 Å². The minimum atomic E-state index is -0.220. The minimum Gasteiger partial charge on any atom is -0.273 e. The van der Waals surface area contributed by atoms with Crippen LogP contribution in [0, 0.1) is 0 Å². The minimum absolute atomic E-state index is 0.148. The van der Waals surface area contributed by atoms with E-state index in [0.29, 0.717) is 10.9 Å². The summed E-state index contributed by atoms with van der Waals surface area (Å²) in [7, 11) is 0. The van der Waals surface area contributed by atoms with Crippen molar-refractivity contribution in [2.24, 2.45) is 0 Å². The first kappa shape index (κ1) is 22.9. The molecule has 0 saturated heterocycles. The highest BCUT2D eigenvalue weighted by molar-refractivity contribution is 8.00. The van der Waals surface area contributed by atoms with Gasteiger partial charge in [0.05, 0.1) is 5.75 Å². The van der Waals surface area contributed by atoms with Gasteiger partial charge in [-0.1, -0.05) is 82.2 Å². The van der Waals surface area contributed by atoms with Crippen molar-refractivity contribution in [1.29, 1.82) is 0 Å². The van der Waals surface area contributed by atoms with Gasteiger partial charge in [-0.2, -0.15) is 0 Å². The summed E-state index contributed by atoms with van der Waals surface area (Å²) >= 11 is 1.36. The molecule has 4 nitrogen and oxygen atoms in total. The van der Waals surface area contributed by atoms with Gasteiger partial charge in [0.25, 0.3) is 5.56 Å². The first-order valence-electron chi connectivity index (χ1n) is 11.2. The predicted octanol–water partition coefficient (Wildman–Crippen LogP) is 6.18. The van der Waals surface area contributed by atoms with E-state index in [2.05, 4.69) is 24.1 Å². The molecule has 156 valence electrons. The average molecular weight is 405 g/mol. The van der Waals surface area contributed by atoms with E-state index in [4.69, 9.17) is 0 Å². The molecular formula is C23H36N2O2S. The van der Waals surface area contributed by atoms with Crippen molar-refractivity contribution in [1.82, 2.24) is 9.55 Å². The smallest absolute Gasteiger partial charge is 0.261 e. The maximum absolute atomic E-state index is 12.0. The molecule has 0 N–H and O–H groups in total. The maximum Gasteiger partial charge on any atom is 0.261 e. The van der Waals surface area contributed by atoms with Crippen LogP contribution in [0.2, 0.25) is 0 Å². The van der Waals surface area contributed by atoms with Gasteiger partial charge in [-0.3, -0.25) is 9.59 Å². The van der Waals surface area contributed by atoms with Crippen molar-refractivity contribution in [3.8, 4) is 0 Å². The van der Waals surface area contributed by atoms with Crippen LogP contribution < -0.4 is 5.56 Å². The summed E-state index contributed by atoms with van der Waals surface area (Å²) in [5.74, 6) is 0.184. The first-order valence-corrected chi connectivity index (χ1v) is 12.1. The molecular weight excluding hydrogens is 368 g/mol. The zero-order valence-electron chi connectivity index (χ0n) is 17.5. The Kier molecular flexibility index (Phi) is 11.3. The van der Waals surface area contributed by atoms with E-state index in [0.717, 1.165) is 18.5 Å². The number of carbonyl (C=O) groups is 1. The van der Waals surface area contributed by atoms with Gasteiger partial charge < -0.3 is 0 Å². The summed E-state index contributed by atoms with van der Waals surface area (Å²) in [6.07, 6.45) is 22.2. The van der Waals surface area contributed by atoms with Crippen LogP contribution in [0.5, 0.6) is 0 Å². The number of thioether (sulfide) groups is 1. The molecule has 0 bridgehead atoms. The fourth-order valence-electron chi connectivity index (χ4n) is 3.53. The second kappa shape index (κ2) is 13.8. The van der Waals surface area contributed by atoms with Crippen LogP contribution >= 0.6 is 11.8 Å². The lowest BCUT2D eigenvalue weighted by Gasteiger charge is -2.04. The molecule has 1 aromatic heterocycles. The van der Waals surface area contributed by atoms with Crippen LogP contribution in [0.1, 0.15) is 101 Å². The molecule has 28 heavy (non-hydrogen) atoms. The molecule has 1 aromatic rings. The Morgan fingerprint density at radius 3 is 2.21 bits per heavy atom. The van der Waals surface area contributed by atoms with Gasteiger partial charge >= 0.3 is 0 Å². The fourth-order valence-corrected chi connectivity index (χ4v) is 4.41. The SMILES string of the molecule is CCCCCCCCC=CCCCCCCCc1cc(=O)n2c(n1)SCC2=O. The Morgan fingerprint density at radius 2 is 1.54 bits per heavy atom. The Labute approximate surface area is 174 Å². The standard InChI is InChI=1S/C23H36N2O2S/c1-2-3-4-5-6-7-8-9-10-11-12-13-14-15-16-17-20-18-21(26)25-22(27)19-28-23(25)24-20/h9-10,18H,2-8,11-17,19H2,1H3.